The number of aryl methyl sites for hydroxylation is 1. The Bertz CT molecular complexity index is 1270. The zero-order valence-corrected chi connectivity index (χ0v) is 26.7. The number of hydrogen-bond acceptors (Lipinski definition) is 7. The molecule has 3 aliphatic carbocycles. The number of nitrogens with zero attached hydrogens (tertiary/aromatic N) is 2. The van der Waals surface area contributed by atoms with Crippen LogP contribution in [0.2, 0.25) is 0 Å². The fraction of sp³-hybridized carbons (Fsp3) is 0.645. The van der Waals surface area contributed by atoms with Crippen molar-refractivity contribution in [2.24, 2.45) is 33.9 Å². The van der Waals surface area contributed by atoms with Crippen LogP contribution in [0.4, 0.5) is 0 Å². The van der Waals surface area contributed by atoms with Crippen molar-refractivity contribution in [3.05, 3.63) is 51.6 Å². The molecule has 4 fully saturated rings. The van der Waals surface area contributed by atoms with E-state index in [0.717, 1.165) is 24.0 Å². The first-order valence-corrected chi connectivity index (χ1v) is 15.6. The molecule has 4 aliphatic rings. The minimum absolute atomic E-state index is 0.0191. The van der Waals surface area contributed by atoms with Gasteiger partial charge in [0.15, 0.2) is 5.03 Å². The average molecular weight is 611 g/mol. The molecule has 2 bridgehead atoms. The number of rotatable bonds is 13. The molecule has 5 N–H and O–H groups in total. The topological polar surface area (TPSA) is 170 Å². The van der Waals surface area contributed by atoms with E-state index in [-0.39, 0.29) is 42.3 Å². The second kappa shape index (κ2) is 13.7. The molecule has 0 spiro atoms. The highest BCUT2D eigenvalue weighted by molar-refractivity contribution is 6.48. The second-order valence-corrected chi connectivity index (χ2v) is 13.7. The molecule has 0 radical (unpaired) electrons. The van der Waals surface area contributed by atoms with Crippen molar-refractivity contribution >= 4 is 31.0 Å². The van der Waals surface area contributed by atoms with E-state index in [1.165, 1.54) is 6.08 Å². The third kappa shape index (κ3) is 7.79. The van der Waals surface area contributed by atoms with Crippen molar-refractivity contribution in [1.82, 2.24) is 16.1 Å². The zero-order chi connectivity index (χ0) is 32.2. The fourth-order valence-electron chi connectivity index (χ4n) is 7.06. The van der Waals surface area contributed by atoms with Crippen molar-refractivity contribution in [3.63, 3.8) is 0 Å². The quantitative estimate of drug-likeness (QED) is 0.0502. The first-order chi connectivity index (χ1) is 20.7. The number of aliphatic imine (C=N–C) groups is 1. The molecule has 6 atom stereocenters. The van der Waals surface area contributed by atoms with Gasteiger partial charge in [-0.25, -0.2) is 15.1 Å². The molecule has 13 heteroatoms. The summed E-state index contributed by atoms with van der Waals surface area (Å²) in [4.78, 5) is 41.2. The molecule has 240 valence electrons. The summed E-state index contributed by atoms with van der Waals surface area (Å²) in [6.45, 7) is 13.1. The van der Waals surface area contributed by atoms with Gasteiger partial charge in [0.05, 0.1) is 17.6 Å². The Labute approximate surface area is 260 Å². The first kappa shape index (κ1) is 33.4. The molecule has 0 aromatic heterocycles. The minimum Gasteiger partial charge on any atom is -0.404 e. The molecule has 1 aromatic rings. The summed E-state index contributed by atoms with van der Waals surface area (Å²) < 4.78 is 13.2. The van der Waals surface area contributed by atoms with Crippen LogP contribution in [0.3, 0.4) is 0 Å². The van der Waals surface area contributed by atoms with Crippen LogP contribution in [-0.2, 0) is 18.9 Å². The highest BCUT2D eigenvalue weighted by atomic mass is 16.7. The summed E-state index contributed by atoms with van der Waals surface area (Å²) in [5, 5.41) is 15.8. The Kier molecular flexibility index (Phi) is 10.4. The SMILES string of the molecule is Cc1ccc(/C=C/C(=O)N[C@@H](CCCN=C(N)N[N+](=O)[O-])C(=O)N[C@@H](CC(C)C)B2O[C@@H]3C[C@H]4C[C@H](C4(C)C)[C@]3(C)O2)cc1. The van der Waals surface area contributed by atoms with E-state index in [2.05, 4.69) is 50.2 Å². The number of carbonyl (C=O) groups is 2. The monoisotopic (exact) mass is 610 g/mol. The molecule has 44 heavy (non-hydrogen) atoms. The van der Waals surface area contributed by atoms with Gasteiger partial charge in [-0.2, -0.15) is 0 Å². The maximum Gasteiger partial charge on any atom is 0.481 e. The molecular weight excluding hydrogens is 563 g/mol. The third-order valence-corrected chi connectivity index (χ3v) is 9.63. The average Bonchev–Trinajstić information content (AvgIpc) is 3.30. The van der Waals surface area contributed by atoms with Crippen LogP contribution in [0, 0.1) is 40.2 Å². The Morgan fingerprint density at radius 1 is 1.20 bits per heavy atom. The molecule has 1 aliphatic heterocycles. The maximum absolute atomic E-state index is 13.8. The number of guanidine groups is 1. The van der Waals surface area contributed by atoms with E-state index in [0.29, 0.717) is 24.7 Å². The highest BCUT2D eigenvalue weighted by Gasteiger charge is 2.68. The Hall–Kier alpha value is -3.45. The summed E-state index contributed by atoms with van der Waals surface area (Å²) >= 11 is 0. The van der Waals surface area contributed by atoms with Crippen molar-refractivity contribution in [1.29, 1.82) is 0 Å². The van der Waals surface area contributed by atoms with Gasteiger partial charge in [-0.3, -0.25) is 9.59 Å². The lowest BCUT2D eigenvalue weighted by atomic mass is 9.43. The summed E-state index contributed by atoms with van der Waals surface area (Å²) in [6.07, 6.45) is 6.37. The lowest BCUT2D eigenvalue weighted by molar-refractivity contribution is -0.525. The van der Waals surface area contributed by atoms with Gasteiger partial charge in [-0.1, -0.05) is 62.9 Å². The number of nitrogens with two attached hydrogens (primary N) is 1. The standard InChI is InChI=1S/C31H47BN6O6/c1-19(2)16-26(32-43-25-18-22-17-24(30(22,4)5)31(25,6)44-32)36-28(40)23(8-7-15-34-29(33)37-38(41)42)35-27(39)14-13-21-11-9-20(3)10-12-21/h9-14,19,22-26H,7-8,15-18H2,1-6H3,(H,35,39)(H,36,40)(H3,33,34,37)/b14-13+/t22-,23+,24-,25-,26+,31+/m1/s1. The fourth-order valence-corrected chi connectivity index (χ4v) is 7.06. The van der Waals surface area contributed by atoms with Crippen LogP contribution in [0.5, 0.6) is 0 Å². The van der Waals surface area contributed by atoms with Gasteiger partial charge in [-0.15, -0.1) is 0 Å². The van der Waals surface area contributed by atoms with Gasteiger partial charge in [0, 0.05) is 12.6 Å². The van der Waals surface area contributed by atoms with Crippen molar-refractivity contribution in [2.75, 3.05) is 6.54 Å². The number of hydrazine groups is 1. The Morgan fingerprint density at radius 2 is 1.91 bits per heavy atom. The van der Waals surface area contributed by atoms with Crippen LogP contribution >= 0.6 is 0 Å². The van der Waals surface area contributed by atoms with Crippen LogP contribution in [0.15, 0.2) is 35.3 Å². The number of amides is 2. The summed E-state index contributed by atoms with van der Waals surface area (Å²) in [7, 11) is -0.595. The van der Waals surface area contributed by atoms with Crippen molar-refractivity contribution in [3.8, 4) is 0 Å². The van der Waals surface area contributed by atoms with Crippen LogP contribution in [-0.4, -0.2) is 60.2 Å². The third-order valence-electron chi connectivity index (χ3n) is 9.63. The number of hydrogen-bond donors (Lipinski definition) is 4. The van der Waals surface area contributed by atoms with Gasteiger partial charge in [0.2, 0.25) is 11.8 Å². The van der Waals surface area contributed by atoms with Crippen molar-refractivity contribution < 1.29 is 23.9 Å². The molecule has 0 unspecified atom stereocenters. The highest BCUT2D eigenvalue weighted by Crippen LogP contribution is 2.65. The molecular formula is C31H47BN6O6. The van der Waals surface area contributed by atoms with Gasteiger partial charge >= 0.3 is 7.12 Å². The summed E-state index contributed by atoms with van der Waals surface area (Å²) in [5.74, 6) is -0.261. The van der Waals surface area contributed by atoms with E-state index >= 15 is 0 Å². The Morgan fingerprint density at radius 3 is 2.55 bits per heavy atom. The second-order valence-electron chi connectivity index (χ2n) is 13.7. The summed E-state index contributed by atoms with van der Waals surface area (Å²) in [5.41, 5.74) is 9.07. The van der Waals surface area contributed by atoms with E-state index in [4.69, 9.17) is 15.0 Å². The molecule has 1 heterocycles. The number of nitrogens with one attached hydrogen (secondary N) is 3. The molecule has 2 amide bonds. The minimum atomic E-state index is -0.884. The van der Waals surface area contributed by atoms with E-state index < -0.39 is 35.6 Å². The number of carbonyl (C=O) groups excluding carboxylic acids is 2. The van der Waals surface area contributed by atoms with E-state index in [1.807, 2.05) is 31.2 Å². The zero-order valence-electron chi connectivity index (χ0n) is 26.7. The van der Waals surface area contributed by atoms with Crippen LogP contribution in [0.25, 0.3) is 6.08 Å². The number of benzene rings is 1. The van der Waals surface area contributed by atoms with Gasteiger partial charge in [0.1, 0.15) is 6.04 Å². The first-order valence-electron chi connectivity index (χ1n) is 15.6. The van der Waals surface area contributed by atoms with E-state index in [1.54, 1.807) is 11.5 Å². The smallest absolute Gasteiger partial charge is 0.404 e. The largest absolute Gasteiger partial charge is 0.481 e. The predicted octanol–water partition coefficient (Wildman–Crippen LogP) is 3.17. The normalized spacial score (nSPS) is 26.9. The van der Waals surface area contributed by atoms with E-state index in [9.17, 15) is 19.7 Å². The molecule has 3 saturated carbocycles. The summed E-state index contributed by atoms with van der Waals surface area (Å²) in [6, 6.07) is 6.84. The predicted molar refractivity (Wildman–Crippen MR) is 169 cm³/mol. The number of nitro groups is 1. The maximum atomic E-state index is 13.8. The molecule has 12 nitrogen and oxygen atoms in total. The van der Waals surface area contributed by atoms with Crippen LogP contribution < -0.4 is 21.8 Å². The molecule has 1 aromatic carbocycles. The van der Waals surface area contributed by atoms with Gasteiger partial charge in [-0.05, 0) is 80.8 Å². The lowest BCUT2D eigenvalue weighted by Crippen LogP contribution is -2.65. The van der Waals surface area contributed by atoms with Gasteiger partial charge in [0.25, 0.3) is 5.96 Å². The van der Waals surface area contributed by atoms with Gasteiger partial charge < -0.3 is 25.7 Å². The Balaban J connectivity index is 1.45. The lowest BCUT2D eigenvalue weighted by Gasteiger charge is -2.64. The molecule has 1 saturated heterocycles. The van der Waals surface area contributed by atoms with Crippen molar-refractivity contribution in [2.45, 2.75) is 97.3 Å². The molecule has 5 rings (SSSR count). The van der Waals surface area contributed by atoms with Crippen LogP contribution in [0.1, 0.15) is 77.8 Å².